The number of nitrogens with one attached hydrogen (secondary N) is 1. The van der Waals surface area contributed by atoms with E-state index in [1.807, 2.05) is 0 Å². The predicted molar refractivity (Wildman–Crippen MR) is 65.0 cm³/mol. The highest BCUT2D eigenvalue weighted by Gasteiger charge is 2.29. The minimum atomic E-state index is -0.403. The number of hydrogen-bond acceptors (Lipinski definition) is 2. The van der Waals surface area contributed by atoms with Crippen LogP contribution in [0.5, 0.6) is 0 Å². The summed E-state index contributed by atoms with van der Waals surface area (Å²) in [4.78, 5) is 0. The van der Waals surface area contributed by atoms with Crippen LogP contribution < -0.4 is 5.32 Å². The monoisotopic (exact) mass is 213 g/mol. The van der Waals surface area contributed by atoms with Gasteiger partial charge in [0.05, 0.1) is 5.60 Å². The average Bonchev–Trinajstić information content (AvgIpc) is 2.25. The van der Waals surface area contributed by atoms with Gasteiger partial charge >= 0.3 is 0 Å². The Morgan fingerprint density at radius 3 is 2.40 bits per heavy atom. The normalized spacial score (nSPS) is 22.6. The van der Waals surface area contributed by atoms with Gasteiger partial charge in [0.1, 0.15) is 0 Å². The van der Waals surface area contributed by atoms with Crippen LogP contribution in [0.3, 0.4) is 0 Å². The molecule has 2 nitrogen and oxygen atoms in total. The van der Waals surface area contributed by atoms with E-state index in [2.05, 4.69) is 19.2 Å². The predicted octanol–water partition coefficient (Wildman–Crippen LogP) is 2.85. The molecule has 1 unspecified atom stereocenters. The summed E-state index contributed by atoms with van der Waals surface area (Å²) >= 11 is 0. The maximum absolute atomic E-state index is 10.3. The summed E-state index contributed by atoms with van der Waals surface area (Å²) in [5, 5.41) is 13.9. The lowest BCUT2D eigenvalue weighted by molar-refractivity contribution is 0.00232. The zero-order chi connectivity index (χ0) is 11.1. The highest BCUT2D eigenvalue weighted by molar-refractivity contribution is 4.85. The summed E-state index contributed by atoms with van der Waals surface area (Å²) < 4.78 is 0. The maximum atomic E-state index is 10.3. The van der Waals surface area contributed by atoms with Crippen LogP contribution in [-0.4, -0.2) is 23.3 Å². The molecule has 15 heavy (non-hydrogen) atoms. The Hall–Kier alpha value is -0.0800. The summed E-state index contributed by atoms with van der Waals surface area (Å²) in [6.07, 6.45) is 9.30. The van der Waals surface area contributed by atoms with Crippen molar-refractivity contribution in [2.24, 2.45) is 0 Å². The van der Waals surface area contributed by atoms with E-state index < -0.39 is 5.60 Å². The molecule has 0 radical (unpaired) electrons. The van der Waals surface area contributed by atoms with Gasteiger partial charge in [-0.3, -0.25) is 0 Å². The molecule has 0 heterocycles. The van der Waals surface area contributed by atoms with Crippen LogP contribution in [0.1, 0.15) is 65.2 Å². The first-order valence-electron chi connectivity index (χ1n) is 6.66. The molecular formula is C13H27NO. The largest absolute Gasteiger partial charge is 0.389 e. The van der Waals surface area contributed by atoms with Crippen LogP contribution in [0.2, 0.25) is 0 Å². The number of aliphatic hydroxyl groups is 1. The fourth-order valence-electron chi connectivity index (χ4n) is 2.52. The molecule has 2 heteroatoms. The molecule has 2 N–H and O–H groups in total. The van der Waals surface area contributed by atoms with Gasteiger partial charge < -0.3 is 10.4 Å². The van der Waals surface area contributed by atoms with E-state index in [1.165, 1.54) is 38.5 Å². The van der Waals surface area contributed by atoms with Gasteiger partial charge in [0, 0.05) is 12.6 Å². The second-order valence-electron chi connectivity index (χ2n) is 5.06. The first-order chi connectivity index (χ1) is 7.20. The fourth-order valence-corrected chi connectivity index (χ4v) is 2.52. The van der Waals surface area contributed by atoms with Crippen molar-refractivity contribution >= 4 is 0 Å². The van der Waals surface area contributed by atoms with E-state index in [4.69, 9.17) is 0 Å². The van der Waals surface area contributed by atoms with Crippen LogP contribution in [0.25, 0.3) is 0 Å². The Balaban J connectivity index is 2.26. The third-order valence-electron chi connectivity index (χ3n) is 3.63. The van der Waals surface area contributed by atoms with Crippen molar-refractivity contribution < 1.29 is 5.11 Å². The summed E-state index contributed by atoms with van der Waals surface area (Å²) in [6, 6.07) is 0.598. The Labute approximate surface area is 94.5 Å². The van der Waals surface area contributed by atoms with E-state index in [0.717, 1.165) is 19.4 Å². The van der Waals surface area contributed by atoms with Crippen molar-refractivity contribution in [2.45, 2.75) is 76.9 Å². The van der Waals surface area contributed by atoms with Gasteiger partial charge in [0.2, 0.25) is 0 Å². The standard InChI is InChI=1S/C13H27NO/c1-3-8-12(4-2)14-11-13(15)9-6-5-7-10-13/h12,14-15H,3-11H2,1-2H3. The Morgan fingerprint density at radius 2 is 1.87 bits per heavy atom. The van der Waals surface area contributed by atoms with Gasteiger partial charge in [-0.25, -0.2) is 0 Å². The van der Waals surface area contributed by atoms with Crippen LogP contribution in [0.15, 0.2) is 0 Å². The SMILES string of the molecule is CCCC(CC)NCC1(O)CCCCC1. The molecule has 0 bridgehead atoms. The zero-order valence-electron chi connectivity index (χ0n) is 10.4. The molecule has 1 fully saturated rings. The quantitative estimate of drug-likeness (QED) is 0.711. The highest BCUT2D eigenvalue weighted by atomic mass is 16.3. The molecule has 1 aliphatic rings. The molecule has 0 amide bonds. The molecule has 90 valence electrons. The lowest BCUT2D eigenvalue weighted by Crippen LogP contribution is -2.45. The van der Waals surface area contributed by atoms with E-state index in [9.17, 15) is 5.11 Å². The minimum Gasteiger partial charge on any atom is -0.389 e. The first-order valence-corrected chi connectivity index (χ1v) is 6.66. The van der Waals surface area contributed by atoms with Crippen LogP contribution >= 0.6 is 0 Å². The molecule has 1 atom stereocenters. The topological polar surface area (TPSA) is 32.3 Å². The van der Waals surface area contributed by atoms with Crippen LogP contribution in [-0.2, 0) is 0 Å². The van der Waals surface area contributed by atoms with Crippen molar-refractivity contribution in [3.8, 4) is 0 Å². The van der Waals surface area contributed by atoms with Gasteiger partial charge in [-0.2, -0.15) is 0 Å². The third-order valence-corrected chi connectivity index (χ3v) is 3.63. The third kappa shape index (κ3) is 4.52. The van der Waals surface area contributed by atoms with Crippen molar-refractivity contribution in [3.63, 3.8) is 0 Å². The average molecular weight is 213 g/mol. The second kappa shape index (κ2) is 6.49. The summed E-state index contributed by atoms with van der Waals surface area (Å²) in [5.74, 6) is 0. The van der Waals surface area contributed by atoms with Crippen LogP contribution in [0.4, 0.5) is 0 Å². The smallest absolute Gasteiger partial charge is 0.0771 e. The number of hydrogen-bond donors (Lipinski definition) is 2. The molecule has 0 saturated heterocycles. The van der Waals surface area contributed by atoms with E-state index in [0.29, 0.717) is 6.04 Å². The van der Waals surface area contributed by atoms with Crippen molar-refractivity contribution in [1.82, 2.24) is 5.32 Å². The molecule has 1 rings (SSSR count). The molecule has 0 spiro atoms. The Kier molecular flexibility index (Phi) is 5.62. The van der Waals surface area contributed by atoms with Gasteiger partial charge in [0.25, 0.3) is 0 Å². The lowest BCUT2D eigenvalue weighted by Gasteiger charge is -2.33. The molecule has 0 aromatic rings. The van der Waals surface area contributed by atoms with E-state index >= 15 is 0 Å². The fraction of sp³-hybridized carbons (Fsp3) is 1.00. The minimum absolute atomic E-state index is 0.403. The highest BCUT2D eigenvalue weighted by Crippen LogP contribution is 2.27. The number of rotatable bonds is 6. The van der Waals surface area contributed by atoms with Gasteiger partial charge in [-0.05, 0) is 25.7 Å². The molecular weight excluding hydrogens is 186 g/mol. The van der Waals surface area contributed by atoms with Crippen molar-refractivity contribution in [2.75, 3.05) is 6.54 Å². The molecule has 0 aromatic heterocycles. The molecule has 1 saturated carbocycles. The van der Waals surface area contributed by atoms with E-state index in [-0.39, 0.29) is 0 Å². The molecule has 1 aliphatic carbocycles. The molecule has 0 aliphatic heterocycles. The second-order valence-corrected chi connectivity index (χ2v) is 5.06. The van der Waals surface area contributed by atoms with Crippen LogP contribution in [0, 0.1) is 0 Å². The van der Waals surface area contributed by atoms with Crippen molar-refractivity contribution in [1.29, 1.82) is 0 Å². The summed E-state index contributed by atoms with van der Waals surface area (Å²) in [7, 11) is 0. The summed E-state index contributed by atoms with van der Waals surface area (Å²) in [6.45, 7) is 5.24. The zero-order valence-corrected chi connectivity index (χ0v) is 10.4. The lowest BCUT2D eigenvalue weighted by atomic mass is 9.84. The summed E-state index contributed by atoms with van der Waals surface area (Å²) in [5.41, 5.74) is -0.403. The Morgan fingerprint density at radius 1 is 1.20 bits per heavy atom. The maximum Gasteiger partial charge on any atom is 0.0771 e. The van der Waals surface area contributed by atoms with Gasteiger partial charge in [-0.15, -0.1) is 0 Å². The molecule has 0 aromatic carbocycles. The van der Waals surface area contributed by atoms with Gasteiger partial charge in [-0.1, -0.05) is 39.5 Å². The van der Waals surface area contributed by atoms with Gasteiger partial charge in [0.15, 0.2) is 0 Å². The first kappa shape index (κ1) is 13.0. The van der Waals surface area contributed by atoms with Crippen molar-refractivity contribution in [3.05, 3.63) is 0 Å². The Bertz CT molecular complexity index is 164. The van der Waals surface area contributed by atoms with E-state index in [1.54, 1.807) is 0 Å².